The second-order valence-corrected chi connectivity index (χ2v) is 6.11. The molecule has 0 bridgehead atoms. The van der Waals surface area contributed by atoms with E-state index in [1.54, 1.807) is 0 Å². The lowest BCUT2D eigenvalue weighted by molar-refractivity contribution is 0.569. The number of aromatic amines is 3. The monoisotopic (exact) mass is 333 g/mol. The lowest BCUT2D eigenvalue weighted by Crippen LogP contribution is -2.18. The minimum absolute atomic E-state index is 0.145. The summed E-state index contributed by atoms with van der Waals surface area (Å²) in [4.78, 5) is 24.7. The zero-order valence-corrected chi connectivity index (χ0v) is 13.8. The van der Waals surface area contributed by atoms with Gasteiger partial charge in [0.1, 0.15) is 5.82 Å². The van der Waals surface area contributed by atoms with E-state index in [1.165, 1.54) is 0 Å². The Bertz CT molecular complexity index is 1040. The van der Waals surface area contributed by atoms with Crippen LogP contribution in [0.15, 0.2) is 59.5 Å². The van der Waals surface area contributed by atoms with Gasteiger partial charge >= 0.3 is 5.69 Å². The van der Waals surface area contributed by atoms with E-state index in [-0.39, 0.29) is 11.7 Å². The summed E-state index contributed by atoms with van der Waals surface area (Å²) in [6.07, 6.45) is 1.86. The average molecular weight is 333 g/mol. The Morgan fingerprint density at radius 3 is 2.68 bits per heavy atom. The van der Waals surface area contributed by atoms with E-state index in [0.717, 1.165) is 33.7 Å². The average Bonchev–Trinajstić information content (AvgIpc) is 3.25. The molecule has 1 atom stereocenters. The Balaban J connectivity index is 1.45. The summed E-state index contributed by atoms with van der Waals surface area (Å²) >= 11 is 0. The van der Waals surface area contributed by atoms with Gasteiger partial charge in [0.05, 0.1) is 11.0 Å². The molecule has 0 amide bonds. The first kappa shape index (κ1) is 15.4. The van der Waals surface area contributed by atoms with Crippen LogP contribution in [-0.2, 0) is 6.54 Å². The van der Waals surface area contributed by atoms with Crippen LogP contribution in [-0.4, -0.2) is 19.9 Å². The number of fused-ring (bicyclic) bond motifs is 1. The van der Waals surface area contributed by atoms with E-state index in [4.69, 9.17) is 0 Å². The van der Waals surface area contributed by atoms with E-state index >= 15 is 0 Å². The van der Waals surface area contributed by atoms with Crippen LogP contribution in [0, 0.1) is 0 Å². The van der Waals surface area contributed by atoms with E-state index in [2.05, 4.69) is 32.2 Å². The summed E-state index contributed by atoms with van der Waals surface area (Å²) in [6, 6.07) is 16.1. The van der Waals surface area contributed by atoms with Gasteiger partial charge in [-0.05, 0) is 24.6 Å². The van der Waals surface area contributed by atoms with Gasteiger partial charge < -0.3 is 20.3 Å². The summed E-state index contributed by atoms with van der Waals surface area (Å²) in [5, 5.41) is 3.48. The Hall–Kier alpha value is -3.12. The highest BCUT2D eigenvalue weighted by Gasteiger charge is 2.09. The van der Waals surface area contributed by atoms with Crippen molar-refractivity contribution in [2.45, 2.75) is 19.5 Å². The molecule has 0 radical (unpaired) electrons. The van der Waals surface area contributed by atoms with Crippen LogP contribution in [0.4, 0.5) is 0 Å². The molecule has 6 nitrogen and oxygen atoms in total. The third-order valence-electron chi connectivity index (χ3n) is 4.31. The number of nitrogens with zero attached hydrogens (tertiary/aromatic N) is 1. The standard InChI is InChI=1S/C19H19N5O/c1-12(14-7-8-16-17(9-14)24-19(25)23-16)20-10-15-11-21-18(22-15)13-5-3-2-4-6-13/h2-9,11-12,20H,10H2,1H3,(H,21,22)(H2,23,24,25). The molecule has 2 aromatic carbocycles. The maximum Gasteiger partial charge on any atom is 0.323 e. The number of hydrogen-bond acceptors (Lipinski definition) is 3. The zero-order valence-electron chi connectivity index (χ0n) is 13.8. The van der Waals surface area contributed by atoms with Crippen LogP contribution in [0.5, 0.6) is 0 Å². The number of benzene rings is 2. The number of H-pyrrole nitrogens is 3. The minimum Gasteiger partial charge on any atom is -0.341 e. The lowest BCUT2D eigenvalue weighted by atomic mass is 10.1. The smallest absolute Gasteiger partial charge is 0.323 e. The lowest BCUT2D eigenvalue weighted by Gasteiger charge is -2.13. The van der Waals surface area contributed by atoms with Crippen LogP contribution in [0.2, 0.25) is 0 Å². The molecule has 0 fully saturated rings. The normalized spacial score (nSPS) is 12.5. The first-order valence-corrected chi connectivity index (χ1v) is 8.24. The minimum atomic E-state index is -0.182. The molecular weight excluding hydrogens is 314 g/mol. The first-order valence-electron chi connectivity index (χ1n) is 8.24. The SMILES string of the molecule is CC(NCc1cnc(-c2ccccc2)[nH]1)c1ccc2[nH]c(=O)[nH]c2c1. The quantitative estimate of drug-likeness (QED) is 0.452. The van der Waals surface area contributed by atoms with Crippen molar-refractivity contribution in [2.24, 2.45) is 0 Å². The van der Waals surface area contributed by atoms with E-state index in [0.29, 0.717) is 6.54 Å². The fourth-order valence-electron chi connectivity index (χ4n) is 2.89. The van der Waals surface area contributed by atoms with Crippen LogP contribution < -0.4 is 11.0 Å². The summed E-state index contributed by atoms with van der Waals surface area (Å²) in [5.74, 6) is 0.872. The largest absolute Gasteiger partial charge is 0.341 e. The predicted octanol–water partition coefficient (Wildman–Crippen LogP) is 3.10. The van der Waals surface area contributed by atoms with Gasteiger partial charge in [-0.1, -0.05) is 36.4 Å². The van der Waals surface area contributed by atoms with Crippen LogP contribution >= 0.6 is 0 Å². The zero-order chi connectivity index (χ0) is 17.2. The van der Waals surface area contributed by atoms with Crippen LogP contribution in [0.25, 0.3) is 22.4 Å². The van der Waals surface area contributed by atoms with Crippen molar-refractivity contribution >= 4 is 11.0 Å². The van der Waals surface area contributed by atoms with Crippen molar-refractivity contribution in [3.05, 3.63) is 76.5 Å². The summed E-state index contributed by atoms with van der Waals surface area (Å²) in [7, 11) is 0. The highest BCUT2D eigenvalue weighted by molar-refractivity contribution is 5.75. The van der Waals surface area contributed by atoms with Gasteiger partial charge in [0.15, 0.2) is 0 Å². The topological polar surface area (TPSA) is 89.4 Å². The van der Waals surface area contributed by atoms with Gasteiger partial charge in [-0.2, -0.15) is 0 Å². The van der Waals surface area contributed by atoms with Gasteiger partial charge in [0, 0.05) is 30.0 Å². The van der Waals surface area contributed by atoms with Gasteiger partial charge in [-0.25, -0.2) is 9.78 Å². The molecule has 25 heavy (non-hydrogen) atoms. The molecule has 0 aliphatic rings. The van der Waals surface area contributed by atoms with Gasteiger partial charge in [0.2, 0.25) is 0 Å². The number of rotatable bonds is 5. The molecule has 0 spiro atoms. The molecule has 4 rings (SSSR count). The number of hydrogen-bond donors (Lipinski definition) is 4. The Morgan fingerprint density at radius 2 is 1.84 bits per heavy atom. The Morgan fingerprint density at radius 1 is 1.04 bits per heavy atom. The second-order valence-electron chi connectivity index (χ2n) is 6.11. The van der Waals surface area contributed by atoms with Crippen molar-refractivity contribution < 1.29 is 0 Å². The highest BCUT2D eigenvalue weighted by Crippen LogP contribution is 2.18. The number of imidazole rings is 2. The predicted molar refractivity (Wildman–Crippen MR) is 98.2 cm³/mol. The van der Waals surface area contributed by atoms with Gasteiger partial charge in [-0.3, -0.25) is 0 Å². The summed E-state index contributed by atoms with van der Waals surface area (Å²) < 4.78 is 0. The van der Waals surface area contributed by atoms with Gasteiger partial charge in [-0.15, -0.1) is 0 Å². The molecule has 2 heterocycles. The van der Waals surface area contributed by atoms with Crippen molar-refractivity contribution in [3.63, 3.8) is 0 Å². The second kappa shape index (κ2) is 6.41. The molecule has 1 unspecified atom stereocenters. The molecule has 6 heteroatoms. The molecule has 0 aliphatic carbocycles. The molecule has 0 aliphatic heterocycles. The van der Waals surface area contributed by atoms with Crippen molar-refractivity contribution in [2.75, 3.05) is 0 Å². The summed E-state index contributed by atoms with van der Waals surface area (Å²) in [6.45, 7) is 2.78. The molecule has 0 saturated carbocycles. The molecule has 0 saturated heterocycles. The molecule has 4 N–H and O–H groups in total. The molecular formula is C19H19N5O. The van der Waals surface area contributed by atoms with E-state index in [9.17, 15) is 4.79 Å². The third kappa shape index (κ3) is 3.25. The fourth-order valence-corrected chi connectivity index (χ4v) is 2.89. The van der Waals surface area contributed by atoms with Crippen LogP contribution in [0.1, 0.15) is 24.2 Å². The van der Waals surface area contributed by atoms with Crippen LogP contribution in [0.3, 0.4) is 0 Å². The van der Waals surface area contributed by atoms with Crippen molar-refractivity contribution in [1.82, 2.24) is 25.3 Å². The highest BCUT2D eigenvalue weighted by atomic mass is 16.1. The number of aromatic nitrogens is 4. The Labute approximate surface area is 144 Å². The third-order valence-corrected chi connectivity index (χ3v) is 4.31. The maximum absolute atomic E-state index is 11.4. The van der Waals surface area contributed by atoms with Crippen molar-refractivity contribution in [1.29, 1.82) is 0 Å². The summed E-state index contributed by atoms with van der Waals surface area (Å²) in [5.41, 5.74) is 4.68. The van der Waals surface area contributed by atoms with Crippen molar-refractivity contribution in [3.8, 4) is 11.4 Å². The number of nitrogens with one attached hydrogen (secondary N) is 4. The fraction of sp³-hybridized carbons (Fsp3) is 0.158. The molecule has 126 valence electrons. The maximum atomic E-state index is 11.4. The Kier molecular flexibility index (Phi) is 3.95. The molecule has 4 aromatic rings. The van der Waals surface area contributed by atoms with E-state index in [1.807, 2.05) is 54.7 Å². The van der Waals surface area contributed by atoms with Gasteiger partial charge in [0.25, 0.3) is 0 Å². The van der Waals surface area contributed by atoms with E-state index < -0.39 is 0 Å². The molecule has 2 aromatic heterocycles. The first-order chi connectivity index (χ1) is 12.2.